The zero-order valence-corrected chi connectivity index (χ0v) is 12.8. The van der Waals surface area contributed by atoms with Gasteiger partial charge in [0.1, 0.15) is 0 Å². The molecule has 0 spiro atoms. The molecule has 112 valence electrons. The first kappa shape index (κ1) is 16.7. The van der Waals surface area contributed by atoms with E-state index < -0.39 is 5.41 Å². The van der Waals surface area contributed by atoms with Crippen molar-refractivity contribution in [3.05, 3.63) is 42.5 Å². The van der Waals surface area contributed by atoms with Crippen LogP contribution in [0.15, 0.2) is 36.9 Å². The Bertz CT molecular complexity index is 582. The fourth-order valence-electron chi connectivity index (χ4n) is 1.71. The number of carbonyl (C=O) groups is 2. The highest BCUT2D eigenvalue weighted by molar-refractivity contribution is 6.15. The third kappa shape index (κ3) is 3.81. The first-order chi connectivity index (χ1) is 9.86. The Labute approximate surface area is 125 Å². The van der Waals surface area contributed by atoms with Gasteiger partial charge in [-0.05, 0) is 43.7 Å². The number of ether oxygens (including phenoxy) is 2. The maximum absolute atomic E-state index is 12.1. The fraction of sp³-hybridized carbons (Fsp3) is 0.294. The van der Waals surface area contributed by atoms with Crippen molar-refractivity contribution < 1.29 is 19.1 Å². The molecule has 0 aliphatic rings. The first-order valence-corrected chi connectivity index (χ1v) is 6.48. The lowest BCUT2D eigenvalue weighted by molar-refractivity contribution is -0.132. The van der Waals surface area contributed by atoms with E-state index in [1.807, 2.05) is 0 Å². The number of carbonyl (C=O) groups excluding carboxylic acids is 2. The van der Waals surface area contributed by atoms with E-state index in [4.69, 9.17) is 9.47 Å². The predicted octanol–water partition coefficient (Wildman–Crippen LogP) is 3.07. The molecule has 0 fully saturated rings. The van der Waals surface area contributed by atoms with E-state index >= 15 is 0 Å². The fourth-order valence-corrected chi connectivity index (χ4v) is 1.71. The van der Waals surface area contributed by atoms with Crippen LogP contribution < -0.4 is 9.47 Å². The van der Waals surface area contributed by atoms with Gasteiger partial charge in [0.15, 0.2) is 23.1 Å². The Morgan fingerprint density at radius 3 is 2.24 bits per heavy atom. The van der Waals surface area contributed by atoms with E-state index in [0.29, 0.717) is 11.5 Å². The molecular weight excluding hydrogens is 268 g/mol. The van der Waals surface area contributed by atoms with Crippen molar-refractivity contribution in [3.63, 3.8) is 0 Å². The molecule has 0 aliphatic carbocycles. The van der Waals surface area contributed by atoms with Gasteiger partial charge in [0.2, 0.25) is 0 Å². The highest BCUT2D eigenvalue weighted by Crippen LogP contribution is 2.28. The minimum absolute atomic E-state index is 0.276. The van der Waals surface area contributed by atoms with Gasteiger partial charge >= 0.3 is 0 Å². The summed E-state index contributed by atoms with van der Waals surface area (Å²) in [5.74, 6) is 0.614. The van der Waals surface area contributed by atoms with Crippen LogP contribution in [0.4, 0.5) is 0 Å². The van der Waals surface area contributed by atoms with Crippen LogP contribution in [-0.2, 0) is 9.59 Å². The molecule has 0 aromatic heterocycles. The van der Waals surface area contributed by atoms with E-state index in [1.54, 1.807) is 52.3 Å². The zero-order valence-electron chi connectivity index (χ0n) is 12.8. The van der Waals surface area contributed by atoms with Crippen LogP contribution >= 0.6 is 0 Å². The van der Waals surface area contributed by atoms with Gasteiger partial charge in [-0.15, -0.1) is 0 Å². The van der Waals surface area contributed by atoms with E-state index in [-0.39, 0.29) is 11.6 Å². The molecule has 1 aromatic rings. The van der Waals surface area contributed by atoms with Gasteiger partial charge in [0, 0.05) is 0 Å². The SMILES string of the molecule is C=CC(=O)C(C)(C)C(=O)/C=C/c1ccc(OC)c(OC)c1. The molecule has 0 amide bonds. The molecule has 0 saturated carbocycles. The predicted molar refractivity (Wildman–Crippen MR) is 82.6 cm³/mol. The topological polar surface area (TPSA) is 52.6 Å². The molecule has 0 radical (unpaired) electrons. The van der Waals surface area contributed by atoms with Crippen molar-refractivity contribution in [1.29, 1.82) is 0 Å². The molecule has 4 heteroatoms. The summed E-state index contributed by atoms with van der Waals surface area (Å²) >= 11 is 0. The molecule has 0 aliphatic heterocycles. The molecule has 0 bridgehead atoms. The average molecular weight is 288 g/mol. The van der Waals surface area contributed by atoms with Crippen molar-refractivity contribution in [1.82, 2.24) is 0 Å². The molecular formula is C17H20O4. The molecule has 0 heterocycles. The third-order valence-corrected chi connectivity index (χ3v) is 3.25. The van der Waals surface area contributed by atoms with Crippen LogP contribution in [0.25, 0.3) is 6.08 Å². The second-order valence-electron chi connectivity index (χ2n) is 5.01. The summed E-state index contributed by atoms with van der Waals surface area (Å²) in [5.41, 5.74) is -0.322. The minimum Gasteiger partial charge on any atom is -0.493 e. The van der Waals surface area contributed by atoms with Gasteiger partial charge in [0.25, 0.3) is 0 Å². The minimum atomic E-state index is -1.10. The monoisotopic (exact) mass is 288 g/mol. The number of hydrogen-bond donors (Lipinski definition) is 0. The van der Waals surface area contributed by atoms with Crippen molar-refractivity contribution in [2.45, 2.75) is 13.8 Å². The second kappa shape index (κ2) is 6.88. The highest BCUT2D eigenvalue weighted by Gasteiger charge is 2.31. The van der Waals surface area contributed by atoms with Crippen LogP contribution in [-0.4, -0.2) is 25.8 Å². The summed E-state index contributed by atoms with van der Waals surface area (Å²) in [4.78, 5) is 23.8. The van der Waals surface area contributed by atoms with Crippen molar-refractivity contribution >= 4 is 17.6 Å². The van der Waals surface area contributed by atoms with Gasteiger partial charge in [-0.1, -0.05) is 18.7 Å². The third-order valence-electron chi connectivity index (χ3n) is 3.25. The molecule has 1 aromatic carbocycles. The van der Waals surface area contributed by atoms with Crippen LogP contribution in [0, 0.1) is 5.41 Å². The van der Waals surface area contributed by atoms with E-state index in [2.05, 4.69) is 6.58 Å². The number of allylic oxidation sites excluding steroid dienone is 2. The first-order valence-electron chi connectivity index (χ1n) is 6.48. The summed E-state index contributed by atoms with van der Waals surface area (Å²) in [6.07, 6.45) is 4.20. The summed E-state index contributed by atoms with van der Waals surface area (Å²) < 4.78 is 10.3. The Morgan fingerprint density at radius 2 is 1.71 bits per heavy atom. The highest BCUT2D eigenvalue weighted by atomic mass is 16.5. The van der Waals surface area contributed by atoms with E-state index in [1.165, 1.54) is 12.2 Å². The Hall–Kier alpha value is -2.36. The normalized spacial score (nSPS) is 11.2. The Morgan fingerprint density at radius 1 is 1.10 bits per heavy atom. The maximum atomic E-state index is 12.1. The van der Waals surface area contributed by atoms with Crippen LogP contribution in [0.5, 0.6) is 11.5 Å². The Kier molecular flexibility index (Phi) is 5.47. The van der Waals surface area contributed by atoms with Crippen LogP contribution in [0.2, 0.25) is 0 Å². The van der Waals surface area contributed by atoms with Crippen molar-refractivity contribution in [2.75, 3.05) is 14.2 Å². The largest absolute Gasteiger partial charge is 0.493 e. The average Bonchev–Trinajstić information content (AvgIpc) is 2.50. The quantitative estimate of drug-likeness (QED) is 0.571. The summed E-state index contributed by atoms with van der Waals surface area (Å²) in [6.45, 7) is 6.58. The number of hydrogen-bond acceptors (Lipinski definition) is 4. The number of rotatable bonds is 7. The lowest BCUT2D eigenvalue weighted by atomic mass is 9.83. The molecule has 21 heavy (non-hydrogen) atoms. The lowest BCUT2D eigenvalue weighted by Gasteiger charge is -2.17. The zero-order chi connectivity index (χ0) is 16.0. The number of benzene rings is 1. The van der Waals surface area contributed by atoms with Crippen molar-refractivity contribution in [3.8, 4) is 11.5 Å². The number of ketones is 2. The summed E-state index contributed by atoms with van der Waals surface area (Å²) in [7, 11) is 3.10. The van der Waals surface area contributed by atoms with Gasteiger partial charge in [-0.25, -0.2) is 0 Å². The molecule has 0 unspecified atom stereocenters. The molecule has 1 rings (SSSR count). The van der Waals surface area contributed by atoms with E-state index in [9.17, 15) is 9.59 Å². The molecule has 0 saturated heterocycles. The van der Waals surface area contributed by atoms with Gasteiger partial charge < -0.3 is 9.47 Å². The summed E-state index contributed by atoms with van der Waals surface area (Å²) in [5, 5.41) is 0. The van der Waals surface area contributed by atoms with Crippen LogP contribution in [0.1, 0.15) is 19.4 Å². The molecule has 0 atom stereocenters. The second-order valence-corrected chi connectivity index (χ2v) is 5.01. The lowest BCUT2D eigenvalue weighted by Crippen LogP contribution is -2.30. The summed E-state index contributed by atoms with van der Waals surface area (Å²) in [6, 6.07) is 5.31. The van der Waals surface area contributed by atoms with E-state index in [0.717, 1.165) is 5.56 Å². The van der Waals surface area contributed by atoms with Gasteiger partial charge in [0.05, 0.1) is 19.6 Å². The standard InChI is InChI=1S/C17H20O4/c1-6-15(18)17(2,3)16(19)10-8-12-7-9-13(20-4)14(11-12)21-5/h6-11H,1H2,2-5H3/b10-8+. The Balaban J connectivity index is 2.98. The molecule has 0 N–H and O–H groups in total. The smallest absolute Gasteiger partial charge is 0.169 e. The maximum Gasteiger partial charge on any atom is 0.169 e. The van der Waals surface area contributed by atoms with Crippen molar-refractivity contribution in [2.24, 2.45) is 5.41 Å². The van der Waals surface area contributed by atoms with Crippen LogP contribution in [0.3, 0.4) is 0 Å². The van der Waals surface area contributed by atoms with Gasteiger partial charge in [-0.2, -0.15) is 0 Å². The van der Waals surface area contributed by atoms with Gasteiger partial charge in [-0.3, -0.25) is 9.59 Å². The molecule has 4 nitrogen and oxygen atoms in total. The number of methoxy groups -OCH3 is 2.